The summed E-state index contributed by atoms with van der Waals surface area (Å²) in [7, 11) is 3.07. The molecule has 25 heavy (non-hydrogen) atoms. The van der Waals surface area contributed by atoms with Crippen molar-refractivity contribution in [1.29, 1.82) is 0 Å². The van der Waals surface area contributed by atoms with E-state index in [4.69, 9.17) is 9.47 Å². The van der Waals surface area contributed by atoms with Crippen LogP contribution in [0.5, 0.6) is 11.5 Å². The van der Waals surface area contributed by atoms with E-state index in [2.05, 4.69) is 10.6 Å². The maximum absolute atomic E-state index is 12.4. The van der Waals surface area contributed by atoms with Gasteiger partial charge in [-0.3, -0.25) is 9.59 Å². The molecule has 6 heteroatoms. The number of rotatable bonds is 6. The predicted octanol–water partition coefficient (Wildman–Crippen LogP) is 3.30. The fraction of sp³-hybridized carbons (Fsp3) is 0.263. The summed E-state index contributed by atoms with van der Waals surface area (Å²) in [4.78, 5) is 24.2. The molecule has 0 radical (unpaired) electrons. The molecule has 0 aromatic heterocycles. The lowest BCUT2D eigenvalue weighted by molar-refractivity contribution is -0.117. The molecule has 130 valence electrons. The van der Waals surface area contributed by atoms with Crippen LogP contribution in [0.3, 0.4) is 0 Å². The number of methoxy groups -OCH3 is 2. The highest BCUT2D eigenvalue weighted by Crippen LogP contribution is 2.30. The van der Waals surface area contributed by atoms with E-state index in [-0.39, 0.29) is 17.7 Å². The predicted molar refractivity (Wildman–Crippen MR) is 95.3 cm³/mol. The Hall–Kier alpha value is -3.02. The van der Waals surface area contributed by atoms with Crippen LogP contribution in [-0.4, -0.2) is 26.0 Å². The number of hydrogen-bond acceptors (Lipinski definition) is 4. The highest BCUT2D eigenvalue weighted by Gasteiger charge is 2.29. The van der Waals surface area contributed by atoms with E-state index in [0.29, 0.717) is 22.7 Å². The topological polar surface area (TPSA) is 76.7 Å². The minimum Gasteiger partial charge on any atom is -0.497 e. The Labute approximate surface area is 146 Å². The molecule has 2 N–H and O–H groups in total. The summed E-state index contributed by atoms with van der Waals surface area (Å²) in [5, 5.41) is 5.68. The van der Waals surface area contributed by atoms with Gasteiger partial charge in [-0.25, -0.2) is 0 Å². The van der Waals surface area contributed by atoms with E-state index in [1.165, 1.54) is 14.2 Å². The van der Waals surface area contributed by atoms with Crippen molar-refractivity contribution in [2.24, 2.45) is 5.92 Å². The second kappa shape index (κ2) is 7.25. The largest absolute Gasteiger partial charge is 0.497 e. The fourth-order valence-corrected chi connectivity index (χ4v) is 2.37. The van der Waals surface area contributed by atoms with Crippen molar-refractivity contribution in [1.82, 2.24) is 0 Å². The number of hydrogen-bond donors (Lipinski definition) is 2. The smallest absolute Gasteiger partial charge is 0.255 e. The zero-order valence-electron chi connectivity index (χ0n) is 14.2. The lowest BCUT2D eigenvalue weighted by Crippen LogP contribution is -2.14. The van der Waals surface area contributed by atoms with Crippen molar-refractivity contribution in [3.8, 4) is 11.5 Å². The average Bonchev–Trinajstić information content (AvgIpc) is 3.48. The molecule has 2 amide bonds. The molecule has 0 aliphatic heterocycles. The van der Waals surface area contributed by atoms with Crippen molar-refractivity contribution in [3.63, 3.8) is 0 Å². The minimum absolute atomic E-state index is 0.0558. The average molecular weight is 340 g/mol. The van der Waals surface area contributed by atoms with Crippen LogP contribution in [0.25, 0.3) is 0 Å². The Morgan fingerprint density at radius 1 is 0.880 bits per heavy atom. The minimum atomic E-state index is -0.271. The maximum atomic E-state index is 12.4. The molecule has 0 bridgehead atoms. The van der Waals surface area contributed by atoms with Crippen LogP contribution in [0, 0.1) is 5.92 Å². The Kier molecular flexibility index (Phi) is 4.88. The van der Waals surface area contributed by atoms with Gasteiger partial charge in [0.15, 0.2) is 0 Å². The molecule has 1 aliphatic rings. The Morgan fingerprint density at radius 2 is 1.40 bits per heavy atom. The van der Waals surface area contributed by atoms with Crippen LogP contribution in [0.2, 0.25) is 0 Å². The number of ether oxygens (including phenoxy) is 2. The molecule has 1 saturated carbocycles. The second-order valence-corrected chi connectivity index (χ2v) is 5.90. The molecule has 3 rings (SSSR count). The number of benzene rings is 2. The first kappa shape index (κ1) is 16.8. The quantitative estimate of drug-likeness (QED) is 0.846. The van der Waals surface area contributed by atoms with Crippen molar-refractivity contribution >= 4 is 23.2 Å². The van der Waals surface area contributed by atoms with Gasteiger partial charge in [0.2, 0.25) is 5.91 Å². The zero-order valence-corrected chi connectivity index (χ0v) is 14.2. The van der Waals surface area contributed by atoms with Gasteiger partial charge in [-0.15, -0.1) is 0 Å². The molecule has 0 heterocycles. The van der Waals surface area contributed by atoms with Crippen LogP contribution >= 0.6 is 0 Å². The van der Waals surface area contributed by atoms with Gasteiger partial charge >= 0.3 is 0 Å². The van der Waals surface area contributed by atoms with Crippen LogP contribution in [0.15, 0.2) is 42.5 Å². The monoisotopic (exact) mass is 340 g/mol. The zero-order chi connectivity index (χ0) is 17.8. The number of nitrogens with one attached hydrogen (secondary N) is 2. The Bertz CT molecular complexity index is 760. The molecule has 6 nitrogen and oxygen atoms in total. The number of carbonyl (C=O) groups is 2. The third-order valence-corrected chi connectivity index (χ3v) is 3.97. The Morgan fingerprint density at radius 3 is 1.88 bits per heavy atom. The van der Waals surface area contributed by atoms with Crippen LogP contribution < -0.4 is 20.1 Å². The third kappa shape index (κ3) is 4.29. The van der Waals surface area contributed by atoms with E-state index in [0.717, 1.165) is 18.5 Å². The van der Waals surface area contributed by atoms with Gasteiger partial charge in [-0.1, -0.05) is 0 Å². The first-order chi connectivity index (χ1) is 12.1. The van der Waals surface area contributed by atoms with Crippen molar-refractivity contribution in [2.75, 3.05) is 24.9 Å². The first-order valence-electron chi connectivity index (χ1n) is 8.04. The van der Waals surface area contributed by atoms with Crippen LogP contribution in [0.1, 0.15) is 23.2 Å². The number of carbonyl (C=O) groups excluding carboxylic acids is 2. The molecule has 0 atom stereocenters. The van der Waals surface area contributed by atoms with Gasteiger partial charge < -0.3 is 20.1 Å². The summed E-state index contributed by atoms with van der Waals surface area (Å²) in [6.07, 6.45) is 1.92. The van der Waals surface area contributed by atoms with Gasteiger partial charge in [0.05, 0.1) is 14.2 Å². The van der Waals surface area contributed by atoms with Crippen molar-refractivity contribution < 1.29 is 19.1 Å². The Balaban J connectivity index is 1.67. The molecular weight excluding hydrogens is 320 g/mol. The summed E-state index contributed by atoms with van der Waals surface area (Å²) in [5.74, 6) is 1.03. The summed E-state index contributed by atoms with van der Waals surface area (Å²) in [6.45, 7) is 0. The first-order valence-corrected chi connectivity index (χ1v) is 8.04. The second-order valence-electron chi connectivity index (χ2n) is 5.90. The SMILES string of the molecule is COc1cc(OC)cc(C(=O)Nc2ccc(NC(=O)C3CC3)cc2)c1. The molecule has 2 aromatic rings. The number of amides is 2. The molecular formula is C19H20N2O4. The standard InChI is InChI=1S/C19H20N2O4/c1-24-16-9-13(10-17(11-16)25-2)19(23)21-15-7-5-14(6-8-15)20-18(22)12-3-4-12/h5-12H,3-4H2,1-2H3,(H,20,22)(H,21,23). The van der Waals surface area contributed by atoms with E-state index in [1.807, 2.05) is 0 Å². The molecule has 0 spiro atoms. The highest BCUT2D eigenvalue weighted by atomic mass is 16.5. The summed E-state index contributed by atoms with van der Waals surface area (Å²) in [6, 6.07) is 12.0. The lowest BCUT2D eigenvalue weighted by atomic mass is 10.1. The lowest BCUT2D eigenvalue weighted by Gasteiger charge is -2.10. The van der Waals surface area contributed by atoms with Crippen LogP contribution in [0.4, 0.5) is 11.4 Å². The number of anilines is 2. The third-order valence-electron chi connectivity index (χ3n) is 3.97. The highest BCUT2D eigenvalue weighted by molar-refractivity contribution is 6.05. The normalized spacial score (nSPS) is 13.0. The summed E-state index contributed by atoms with van der Waals surface area (Å²) < 4.78 is 10.3. The van der Waals surface area contributed by atoms with E-state index >= 15 is 0 Å². The van der Waals surface area contributed by atoms with E-state index < -0.39 is 0 Å². The summed E-state index contributed by atoms with van der Waals surface area (Å²) >= 11 is 0. The molecule has 0 saturated heterocycles. The van der Waals surface area contributed by atoms with E-state index in [9.17, 15) is 9.59 Å². The van der Waals surface area contributed by atoms with Gasteiger partial charge in [-0.05, 0) is 49.2 Å². The van der Waals surface area contributed by atoms with Crippen molar-refractivity contribution in [2.45, 2.75) is 12.8 Å². The van der Waals surface area contributed by atoms with Crippen molar-refractivity contribution in [3.05, 3.63) is 48.0 Å². The van der Waals surface area contributed by atoms with Gasteiger partial charge in [0.1, 0.15) is 11.5 Å². The van der Waals surface area contributed by atoms with Gasteiger partial charge in [0.25, 0.3) is 5.91 Å². The van der Waals surface area contributed by atoms with Crippen LogP contribution in [-0.2, 0) is 4.79 Å². The fourth-order valence-electron chi connectivity index (χ4n) is 2.37. The van der Waals surface area contributed by atoms with E-state index in [1.54, 1.807) is 42.5 Å². The van der Waals surface area contributed by atoms with Gasteiger partial charge in [-0.2, -0.15) is 0 Å². The molecule has 2 aromatic carbocycles. The molecule has 1 fully saturated rings. The molecule has 1 aliphatic carbocycles. The molecule has 0 unspecified atom stereocenters. The van der Waals surface area contributed by atoms with Gasteiger partial charge in [0, 0.05) is 28.9 Å². The maximum Gasteiger partial charge on any atom is 0.255 e. The summed E-state index contributed by atoms with van der Waals surface area (Å²) in [5.41, 5.74) is 1.79.